The molecule has 0 unspecified atom stereocenters. The number of Topliss-reactive ketones (excluding diaryl/α,β-unsaturated/α-hetero) is 1. The number of hydrogen-bond acceptors (Lipinski definition) is 2. The Morgan fingerprint density at radius 2 is 2.28 bits per heavy atom. The van der Waals surface area contributed by atoms with Crippen molar-refractivity contribution in [2.45, 2.75) is 19.3 Å². The van der Waals surface area contributed by atoms with Crippen LogP contribution in [0.2, 0.25) is 0 Å². The highest BCUT2D eigenvalue weighted by Gasteiger charge is 2.07. The first-order chi connectivity index (χ1) is 8.65. The maximum atomic E-state index is 13.0. The molecule has 1 aromatic carbocycles. The molecule has 0 saturated heterocycles. The Bertz CT molecular complexity index is 548. The molecule has 0 bridgehead atoms. The van der Waals surface area contributed by atoms with E-state index in [0.717, 1.165) is 11.4 Å². The predicted octanol–water partition coefficient (Wildman–Crippen LogP) is 2.30. The fourth-order valence-corrected chi connectivity index (χ4v) is 1.85. The number of carbonyl (C=O) groups excluding carboxylic acids is 1. The Morgan fingerprint density at radius 3 is 2.94 bits per heavy atom. The standard InChI is InChI=1S/C14H15FN2O/c1-17-8-7-16-14(17)6-5-13(18)10-11-3-2-4-12(15)9-11/h2-4,7-9H,5-6,10H2,1H3. The summed E-state index contributed by atoms with van der Waals surface area (Å²) in [5, 5.41) is 0. The number of benzene rings is 1. The highest BCUT2D eigenvalue weighted by molar-refractivity contribution is 5.80. The molecule has 3 nitrogen and oxygen atoms in total. The van der Waals surface area contributed by atoms with Gasteiger partial charge in [0, 0.05) is 38.7 Å². The fourth-order valence-electron chi connectivity index (χ4n) is 1.85. The van der Waals surface area contributed by atoms with Crippen LogP contribution in [0.1, 0.15) is 17.8 Å². The van der Waals surface area contributed by atoms with Gasteiger partial charge in [0.1, 0.15) is 17.4 Å². The van der Waals surface area contributed by atoms with E-state index in [0.29, 0.717) is 12.8 Å². The topological polar surface area (TPSA) is 34.9 Å². The van der Waals surface area contributed by atoms with E-state index in [4.69, 9.17) is 0 Å². The van der Waals surface area contributed by atoms with Crippen molar-refractivity contribution in [1.82, 2.24) is 9.55 Å². The van der Waals surface area contributed by atoms with E-state index in [-0.39, 0.29) is 18.0 Å². The van der Waals surface area contributed by atoms with Gasteiger partial charge < -0.3 is 4.57 Å². The minimum atomic E-state index is -0.301. The first kappa shape index (κ1) is 12.5. The number of halogens is 1. The zero-order chi connectivity index (χ0) is 13.0. The van der Waals surface area contributed by atoms with Crippen LogP contribution in [0.15, 0.2) is 36.7 Å². The van der Waals surface area contributed by atoms with Crippen molar-refractivity contribution in [2.75, 3.05) is 0 Å². The maximum Gasteiger partial charge on any atom is 0.137 e. The lowest BCUT2D eigenvalue weighted by molar-refractivity contribution is -0.118. The summed E-state index contributed by atoms with van der Waals surface area (Å²) in [6.45, 7) is 0. The number of imidazole rings is 1. The Kier molecular flexibility index (Phi) is 3.87. The summed E-state index contributed by atoms with van der Waals surface area (Å²) in [6, 6.07) is 6.17. The van der Waals surface area contributed by atoms with Crippen LogP contribution in [0.4, 0.5) is 4.39 Å². The summed E-state index contributed by atoms with van der Waals surface area (Å²) >= 11 is 0. The number of aryl methyl sites for hydroxylation is 2. The molecule has 0 fully saturated rings. The van der Waals surface area contributed by atoms with Crippen LogP contribution in [-0.4, -0.2) is 15.3 Å². The molecule has 0 N–H and O–H groups in total. The lowest BCUT2D eigenvalue weighted by atomic mass is 10.1. The van der Waals surface area contributed by atoms with Crippen LogP contribution in [-0.2, 0) is 24.7 Å². The third kappa shape index (κ3) is 3.26. The third-order valence-corrected chi connectivity index (χ3v) is 2.84. The molecule has 0 radical (unpaired) electrons. The molecule has 0 saturated carbocycles. The molecule has 18 heavy (non-hydrogen) atoms. The summed E-state index contributed by atoms with van der Waals surface area (Å²) in [6.07, 6.45) is 4.90. The third-order valence-electron chi connectivity index (χ3n) is 2.84. The average Bonchev–Trinajstić information content (AvgIpc) is 2.72. The van der Waals surface area contributed by atoms with Gasteiger partial charge in [0.15, 0.2) is 0 Å². The number of nitrogens with zero attached hydrogens (tertiary/aromatic N) is 2. The Labute approximate surface area is 105 Å². The van der Waals surface area contributed by atoms with E-state index < -0.39 is 0 Å². The van der Waals surface area contributed by atoms with Crippen LogP contribution < -0.4 is 0 Å². The zero-order valence-corrected chi connectivity index (χ0v) is 10.3. The van der Waals surface area contributed by atoms with E-state index in [9.17, 15) is 9.18 Å². The summed E-state index contributed by atoms with van der Waals surface area (Å²) in [4.78, 5) is 15.9. The number of rotatable bonds is 5. The monoisotopic (exact) mass is 246 g/mol. The minimum absolute atomic E-state index is 0.101. The van der Waals surface area contributed by atoms with Gasteiger partial charge in [0.05, 0.1) is 0 Å². The molecule has 2 aromatic rings. The smallest absolute Gasteiger partial charge is 0.137 e. The molecule has 0 aliphatic heterocycles. The van der Waals surface area contributed by atoms with Crippen LogP contribution in [0.25, 0.3) is 0 Å². The second-order valence-corrected chi connectivity index (χ2v) is 4.30. The van der Waals surface area contributed by atoms with Crippen LogP contribution in [0.5, 0.6) is 0 Å². The maximum absolute atomic E-state index is 13.0. The lowest BCUT2D eigenvalue weighted by Gasteiger charge is -2.02. The Morgan fingerprint density at radius 1 is 1.44 bits per heavy atom. The van der Waals surface area contributed by atoms with Gasteiger partial charge in [0.25, 0.3) is 0 Å². The van der Waals surface area contributed by atoms with Crippen molar-refractivity contribution < 1.29 is 9.18 Å². The largest absolute Gasteiger partial charge is 0.338 e. The molecule has 0 aliphatic rings. The molecule has 0 amide bonds. The summed E-state index contributed by atoms with van der Waals surface area (Å²) in [7, 11) is 1.90. The van der Waals surface area contributed by atoms with E-state index in [2.05, 4.69) is 4.98 Å². The average molecular weight is 246 g/mol. The van der Waals surface area contributed by atoms with E-state index >= 15 is 0 Å². The molecule has 0 spiro atoms. The van der Waals surface area contributed by atoms with Crippen molar-refractivity contribution in [3.05, 3.63) is 53.9 Å². The highest BCUT2D eigenvalue weighted by Crippen LogP contribution is 2.07. The second kappa shape index (κ2) is 5.58. The van der Waals surface area contributed by atoms with Gasteiger partial charge in [-0.05, 0) is 17.7 Å². The number of ketones is 1. The Balaban J connectivity index is 1.88. The molecular formula is C14H15FN2O. The molecule has 4 heteroatoms. The molecule has 1 heterocycles. The summed E-state index contributed by atoms with van der Waals surface area (Å²) in [5.41, 5.74) is 0.722. The van der Waals surface area contributed by atoms with Crippen molar-refractivity contribution >= 4 is 5.78 Å². The SMILES string of the molecule is Cn1ccnc1CCC(=O)Cc1cccc(F)c1. The first-order valence-corrected chi connectivity index (χ1v) is 5.87. The molecule has 1 aromatic heterocycles. The van der Waals surface area contributed by atoms with Crippen LogP contribution in [0, 0.1) is 5.82 Å². The number of aromatic nitrogens is 2. The molecule has 0 atom stereocenters. The summed E-state index contributed by atoms with van der Waals surface area (Å²) < 4.78 is 14.9. The normalized spacial score (nSPS) is 10.6. The van der Waals surface area contributed by atoms with E-state index in [1.54, 1.807) is 18.3 Å². The molecule has 2 rings (SSSR count). The minimum Gasteiger partial charge on any atom is -0.338 e. The van der Waals surface area contributed by atoms with Gasteiger partial charge in [0.2, 0.25) is 0 Å². The van der Waals surface area contributed by atoms with Crippen molar-refractivity contribution in [3.8, 4) is 0 Å². The van der Waals surface area contributed by atoms with Gasteiger partial charge in [-0.25, -0.2) is 9.37 Å². The molecule has 0 aliphatic carbocycles. The van der Waals surface area contributed by atoms with Crippen molar-refractivity contribution in [2.24, 2.45) is 7.05 Å². The van der Waals surface area contributed by atoms with E-state index in [1.165, 1.54) is 12.1 Å². The van der Waals surface area contributed by atoms with Gasteiger partial charge in [-0.2, -0.15) is 0 Å². The van der Waals surface area contributed by atoms with Crippen molar-refractivity contribution in [1.29, 1.82) is 0 Å². The number of carbonyl (C=O) groups is 1. The Hall–Kier alpha value is -1.97. The first-order valence-electron chi connectivity index (χ1n) is 5.87. The molecule has 94 valence electrons. The van der Waals surface area contributed by atoms with Gasteiger partial charge in [-0.3, -0.25) is 4.79 Å². The second-order valence-electron chi connectivity index (χ2n) is 4.30. The van der Waals surface area contributed by atoms with Gasteiger partial charge in [-0.15, -0.1) is 0 Å². The molecular weight excluding hydrogens is 231 g/mol. The van der Waals surface area contributed by atoms with Gasteiger partial charge >= 0.3 is 0 Å². The quantitative estimate of drug-likeness (QED) is 0.811. The zero-order valence-electron chi connectivity index (χ0n) is 10.3. The van der Waals surface area contributed by atoms with Crippen LogP contribution in [0.3, 0.4) is 0 Å². The lowest BCUT2D eigenvalue weighted by Crippen LogP contribution is -2.07. The highest BCUT2D eigenvalue weighted by atomic mass is 19.1. The van der Waals surface area contributed by atoms with E-state index in [1.807, 2.05) is 17.8 Å². The van der Waals surface area contributed by atoms with Crippen LogP contribution >= 0.6 is 0 Å². The fraction of sp³-hybridized carbons (Fsp3) is 0.286. The number of hydrogen-bond donors (Lipinski definition) is 0. The predicted molar refractivity (Wildman–Crippen MR) is 66.6 cm³/mol. The summed E-state index contributed by atoms with van der Waals surface area (Å²) in [5.74, 6) is 0.690. The van der Waals surface area contributed by atoms with Crippen molar-refractivity contribution in [3.63, 3.8) is 0 Å². The van der Waals surface area contributed by atoms with Gasteiger partial charge in [-0.1, -0.05) is 12.1 Å².